The molecule has 0 radical (unpaired) electrons. The summed E-state index contributed by atoms with van der Waals surface area (Å²) in [5.74, 6) is 0. The van der Waals surface area contributed by atoms with E-state index in [0.29, 0.717) is 12.2 Å². The van der Waals surface area contributed by atoms with E-state index in [1.54, 1.807) is 34.2 Å². The number of pyridine rings is 1. The minimum Gasteiger partial charge on any atom is -0.394 e. The minimum absolute atomic E-state index is 0.104. The van der Waals surface area contributed by atoms with E-state index in [0.717, 1.165) is 6.42 Å². The first-order chi connectivity index (χ1) is 7.27. The monoisotopic (exact) mass is 220 g/mol. The largest absolute Gasteiger partial charge is 0.394 e. The summed E-state index contributed by atoms with van der Waals surface area (Å²) in [7, 11) is 0. The van der Waals surface area contributed by atoms with Crippen LogP contribution in [0.3, 0.4) is 0 Å². The maximum absolute atomic E-state index is 11.6. The van der Waals surface area contributed by atoms with Gasteiger partial charge in [0.15, 0.2) is 0 Å². The molecule has 0 unspecified atom stereocenters. The van der Waals surface area contributed by atoms with E-state index in [1.807, 2.05) is 5.38 Å². The molecule has 0 spiro atoms. The van der Waals surface area contributed by atoms with Crippen LogP contribution in [0.2, 0.25) is 0 Å². The van der Waals surface area contributed by atoms with E-state index in [4.69, 9.17) is 5.73 Å². The van der Waals surface area contributed by atoms with Crippen molar-refractivity contribution in [3.63, 3.8) is 0 Å². The number of anilines is 1. The summed E-state index contributed by atoms with van der Waals surface area (Å²) in [5, 5.41) is 4.13. The Morgan fingerprint density at radius 1 is 1.40 bits per heavy atom. The van der Waals surface area contributed by atoms with Crippen LogP contribution in [0, 0.1) is 0 Å². The average Bonchev–Trinajstić information content (AvgIpc) is 2.73. The van der Waals surface area contributed by atoms with Gasteiger partial charge in [0.05, 0.1) is 5.69 Å². The topological polar surface area (TPSA) is 48.0 Å². The quantitative estimate of drug-likeness (QED) is 0.856. The number of aromatic nitrogens is 1. The van der Waals surface area contributed by atoms with Crippen LogP contribution in [0.15, 0.2) is 40.0 Å². The second-order valence-electron chi connectivity index (χ2n) is 3.34. The van der Waals surface area contributed by atoms with Gasteiger partial charge in [0.25, 0.3) is 5.56 Å². The first kappa shape index (κ1) is 9.98. The predicted molar refractivity (Wildman–Crippen MR) is 63.1 cm³/mol. The lowest BCUT2D eigenvalue weighted by atomic mass is 10.2. The zero-order valence-corrected chi connectivity index (χ0v) is 9.04. The van der Waals surface area contributed by atoms with Crippen molar-refractivity contribution in [3.8, 4) is 0 Å². The van der Waals surface area contributed by atoms with Gasteiger partial charge in [-0.2, -0.15) is 11.3 Å². The molecule has 78 valence electrons. The van der Waals surface area contributed by atoms with Crippen LogP contribution in [0.1, 0.15) is 5.56 Å². The lowest BCUT2D eigenvalue weighted by molar-refractivity contribution is 0.672. The molecule has 4 heteroatoms. The highest BCUT2D eigenvalue weighted by molar-refractivity contribution is 7.07. The summed E-state index contributed by atoms with van der Waals surface area (Å²) in [5.41, 5.74) is 7.00. The SMILES string of the molecule is Nc1cccn(CCc2ccsc2)c1=O. The van der Waals surface area contributed by atoms with Crippen molar-refractivity contribution in [1.82, 2.24) is 4.57 Å². The van der Waals surface area contributed by atoms with Crippen LogP contribution < -0.4 is 11.3 Å². The van der Waals surface area contributed by atoms with Crippen LogP contribution >= 0.6 is 11.3 Å². The molecule has 0 bridgehead atoms. The fraction of sp³-hybridized carbons (Fsp3) is 0.182. The Balaban J connectivity index is 2.12. The molecule has 0 saturated heterocycles. The van der Waals surface area contributed by atoms with Gasteiger partial charge in [0.1, 0.15) is 0 Å². The highest BCUT2D eigenvalue weighted by Crippen LogP contribution is 2.07. The molecule has 3 nitrogen and oxygen atoms in total. The van der Waals surface area contributed by atoms with Crippen LogP contribution in [-0.4, -0.2) is 4.57 Å². The van der Waals surface area contributed by atoms with Crippen molar-refractivity contribution < 1.29 is 0 Å². The molecule has 0 aliphatic carbocycles. The average molecular weight is 220 g/mol. The Morgan fingerprint density at radius 3 is 3.00 bits per heavy atom. The number of nitrogens with two attached hydrogens (primary N) is 1. The van der Waals surface area contributed by atoms with Crippen LogP contribution in [-0.2, 0) is 13.0 Å². The number of aryl methyl sites for hydroxylation is 2. The van der Waals surface area contributed by atoms with Crippen molar-refractivity contribution in [2.75, 3.05) is 5.73 Å². The van der Waals surface area contributed by atoms with Crippen molar-refractivity contribution >= 4 is 17.0 Å². The van der Waals surface area contributed by atoms with Gasteiger partial charge in [-0.15, -0.1) is 0 Å². The third kappa shape index (κ3) is 2.27. The standard InChI is InChI=1S/C11H12N2OS/c12-10-2-1-5-13(11(10)14)6-3-9-4-7-15-8-9/h1-2,4-5,7-8H,3,6,12H2. The molecule has 0 saturated carbocycles. The minimum atomic E-state index is -0.104. The Hall–Kier alpha value is -1.55. The van der Waals surface area contributed by atoms with Gasteiger partial charge in [-0.3, -0.25) is 4.79 Å². The molecule has 2 aromatic rings. The van der Waals surface area contributed by atoms with Crippen molar-refractivity contribution in [2.24, 2.45) is 0 Å². The van der Waals surface area contributed by atoms with Crippen molar-refractivity contribution in [1.29, 1.82) is 0 Å². The van der Waals surface area contributed by atoms with Gasteiger partial charge < -0.3 is 10.3 Å². The first-order valence-corrected chi connectivity index (χ1v) is 5.67. The fourth-order valence-electron chi connectivity index (χ4n) is 1.42. The number of thiophene rings is 1. The number of nitrogens with zero attached hydrogens (tertiary/aromatic N) is 1. The Labute approximate surface area is 91.8 Å². The Kier molecular flexibility index (Phi) is 2.87. The predicted octanol–water partition coefficient (Wildman–Crippen LogP) is 1.73. The van der Waals surface area contributed by atoms with Gasteiger partial charge in [-0.05, 0) is 40.9 Å². The fourth-order valence-corrected chi connectivity index (χ4v) is 2.12. The van der Waals surface area contributed by atoms with E-state index in [1.165, 1.54) is 5.56 Å². The van der Waals surface area contributed by atoms with E-state index in [2.05, 4.69) is 11.4 Å². The first-order valence-electron chi connectivity index (χ1n) is 4.73. The zero-order valence-electron chi connectivity index (χ0n) is 8.22. The summed E-state index contributed by atoms with van der Waals surface area (Å²) >= 11 is 1.67. The number of nitrogen functional groups attached to an aromatic ring is 1. The van der Waals surface area contributed by atoms with E-state index < -0.39 is 0 Å². The third-order valence-electron chi connectivity index (χ3n) is 2.27. The van der Waals surface area contributed by atoms with Crippen LogP contribution in [0.25, 0.3) is 0 Å². The van der Waals surface area contributed by atoms with Crippen LogP contribution in [0.4, 0.5) is 5.69 Å². The Bertz CT molecular complexity index is 488. The van der Waals surface area contributed by atoms with Crippen molar-refractivity contribution in [2.45, 2.75) is 13.0 Å². The smallest absolute Gasteiger partial charge is 0.273 e. The summed E-state index contributed by atoms with van der Waals surface area (Å²) in [6.45, 7) is 0.681. The normalized spacial score (nSPS) is 10.4. The summed E-state index contributed by atoms with van der Waals surface area (Å²) in [6, 6.07) is 5.50. The number of hydrogen-bond donors (Lipinski definition) is 1. The molecule has 0 fully saturated rings. The summed E-state index contributed by atoms with van der Waals surface area (Å²) in [4.78, 5) is 11.6. The maximum Gasteiger partial charge on any atom is 0.273 e. The van der Waals surface area contributed by atoms with E-state index in [-0.39, 0.29) is 5.56 Å². The number of hydrogen-bond acceptors (Lipinski definition) is 3. The molecule has 0 aliphatic heterocycles. The highest BCUT2D eigenvalue weighted by atomic mass is 32.1. The van der Waals surface area contributed by atoms with Gasteiger partial charge in [0, 0.05) is 12.7 Å². The summed E-state index contributed by atoms with van der Waals surface area (Å²) < 4.78 is 1.65. The molecule has 15 heavy (non-hydrogen) atoms. The maximum atomic E-state index is 11.6. The molecule has 0 amide bonds. The molecule has 2 rings (SSSR count). The lowest BCUT2D eigenvalue weighted by Gasteiger charge is -2.04. The molecular weight excluding hydrogens is 208 g/mol. The van der Waals surface area contributed by atoms with Gasteiger partial charge in [-0.1, -0.05) is 0 Å². The highest BCUT2D eigenvalue weighted by Gasteiger charge is 1.99. The zero-order chi connectivity index (χ0) is 10.7. The molecule has 2 heterocycles. The number of rotatable bonds is 3. The molecular formula is C11H12N2OS. The molecule has 2 aromatic heterocycles. The van der Waals surface area contributed by atoms with E-state index >= 15 is 0 Å². The van der Waals surface area contributed by atoms with Gasteiger partial charge >= 0.3 is 0 Å². The Morgan fingerprint density at radius 2 is 2.27 bits per heavy atom. The third-order valence-corrected chi connectivity index (χ3v) is 3.00. The molecule has 0 atom stereocenters. The molecule has 0 aromatic carbocycles. The lowest BCUT2D eigenvalue weighted by Crippen LogP contribution is -2.22. The summed E-state index contributed by atoms with van der Waals surface area (Å²) in [6.07, 6.45) is 2.64. The van der Waals surface area contributed by atoms with Gasteiger partial charge in [-0.25, -0.2) is 0 Å². The van der Waals surface area contributed by atoms with Gasteiger partial charge in [0.2, 0.25) is 0 Å². The van der Waals surface area contributed by atoms with E-state index in [9.17, 15) is 4.79 Å². The second kappa shape index (κ2) is 4.31. The molecule has 2 N–H and O–H groups in total. The van der Waals surface area contributed by atoms with Crippen molar-refractivity contribution in [3.05, 3.63) is 51.1 Å². The second-order valence-corrected chi connectivity index (χ2v) is 4.12. The van der Waals surface area contributed by atoms with Crippen LogP contribution in [0.5, 0.6) is 0 Å². The molecule has 0 aliphatic rings.